The zero-order chi connectivity index (χ0) is 23.0. The molecule has 1 amide bonds. The number of aryl methyl sites for hydroxylation is 1. The number of nitrogens with one attached hydrogen (secondary N) is 1. The molecular formula is C21H19F3N8O. The van der Waals surface area contributed by atoms with Crippen molar-refractivity contribution in [3.8, 4) is 5.82 Å². The molecule has 1 N–H and O–H groups in total. The normalized spacial score (nSPS) is 27.5. The second-order valence-electron chi connectivity index (χ2n) is 8.98. The zero-order valence-corrected chi connectivity index (χ0v) is 17.5. The largest absolute Gasteiger partial charge is 0.434 e. The molecule has 3 aliphatic rings. The smallest absolute Gasteiger partial charge is 0.364 e. The van der Waals surface area contributed by atoms with Crippen molar-refractivity contribution in [2.45, 2.75) is 38.0 Å². The van der Waals surface area contributed by atoms with Gasteiger partial charge in [-0.1, -0.05) is 0 Å². The average molecular weight is 456 g/mol. The summed E-state index contributed by atoms with van der Waals surface area (Å²) in [6, 6.07) is 1.60. The van der Waals surface area contributed by atoms with E-state index < -0.39 is 11.9 Å². The number of halogens is 3. The van der Waals surface area contributed by atoms with Gasteiger partial charge in [0.1, 0.15) is 5.82 Å². The molecule has 9 nitrogen and oxygen atoms in total. The summed E-state index contributed by atoms with van der Waals surface area (Å²) in [4.78, 5) is 28.6. The maximum Gasteiger partial charge on any atom is 0.434 e. The first-order valence-electron chi connectivity index (χ1n) is 10.6. The van der Waals surface area contributed by atoms with E-state index in [1.54, 1.807) is 12.3 Å². The molecule has 2 saturated carbocycles. The second-order valence-corrected chi connectivity index (χ2v) is 8.98. The Hall–Kier alpha value is -3.57. The van der Waals surface area contributed by atoms with Gasteiger partial charge in [-0.2, -0.15) is 23.4 Å². The Balaban J connectivity index is 1.26. The number of amides is 1. The summed E-state index contributed by atoms with van der Waals surface area (Å²) in [7, 11) is 0. The topological polar surface area (TPSA) is 102 Å². The van der Waals surface area contributed by atoms with E-state index in [1.807, 2.05) is 11.8 Å². The summed E-state index contributed by atoms with van der Waals surface area (Å²) < 4.78 is 38.3. The van der Waals surface area contributed by atoms with Gasteiger partial charge in [0, 0.05) is 18.8 Å². The summed E-state index contributed by atoms with van der Waals surface area (Å²) in [5, 5.41) is 11.4. The molecule has 3 aromatic rings. The lowest BCUT2D eigenvalue weighted by atomic mass is 9.71. The van der Waals surface area contributed by atoms with Crippen LogP contribution in [0.25, 0.3) is 5.82 Å². The van der Waals surface area contributed by atoms with Gasteiger partial charge in [0.05, 0.1) is 36.4 Å². The number of carbonyl (C=O) groups is 1. The SMILES string of the molecule is Cc1cnc(-n2nccn2)c(C(=O)N2CC3CC34CC(Nc3cnc(C(F)(F)F)cn3)C24)c1. The van der Waals surface area contributed by atoms with Crippen molar-refractivity contribution in [2.75, 3.05) is 11.9 Å². The monoisotopic (exact) mass is 456 g/mol. The summed E-state index contributed by atoms with van der Waals surface area (Å²) in [6.45, 7) is 2.50. The molecule has 1 saturated heterocycles. The van der Waals surface area contributed by atoms with Crippen LogP contribution in [0.3, 0.4) is 0 Å². The van der Waals surface area contributed by atoms with Crippen LogP contribution in [0, 0.1) is 18.3 Å². The molecule has 2 aliphatic carbocycles. The number of rotatable bonds is 4. The number of alkyl halides is 3. The van der Waals surface area contributed by atoms with Crippen LogP contribution in [0.15, 0.2) is 37.1 Å². The number of carbonyl (C=O) groups excluding carboxylic acids is 1. The third kappa shape index (κ3) is 3.07. The Kier molecular flexibility index (Phi) is 4.08. The summed E-state index contributed by atoms with van der Waals surface area (Å²) in [5.41, 5.74) is 0.303. The Morgan fingerprint density at radius 3 is 2.61 bits per heavy atom. The molecular weight excluding hydrogens is 437 g/mol. The number of likely N-dealkylation sites (tertiary alicyclic amines) is 1. The van der Waals surface area contributed by atoms with E-state index in [4.69, 9.17) is 0 Å². The van der Waals surface area contributed by atoms with E-state index in [9.17, 15) is 18.0 Å². The molecule has 4 atom stereocenters. The average Bonchev–Trinajstić information content (AvgIpc) is 3.14. The molecule has 33 heavy (non-hydrogen) atoms. The second kappa shape index (κ2) is 6.72. The maximum atomic E-state index is 13.7. The maximum absolute atomic E-state index is 13.7. The number of aromatic nitrogens is 6. The molecule has 0 radical (unpaired) electrons. The Bertz CT molecular complexity index is 1230. The molecule has 4 heterocycles. The lowest BCUT2D eigenvalue weighted by Crippen LogP contribution is -2.60. The van der Waals surface area contributed by atoms with E-state index in [-0.39, 0.29) is 29.2 Å². The van der Waals surface area contributed by atoms with Crippen molar-refractivity contribution < 1.29 is 18.0 Å². The van der Waals surface area contributed by atoms with Gasteiger partial charge in [-0.25, -0.2) is 15.0 Å². The highest BCUT2D eigenvalue weighted by Gasteiger charge is 2.75. The molecule has 170 valence electrons. The van der Waals surface area contributed by atoms with Crippen molar-refractivity contribution >= 4 is 11.7 Å². The van der Waals surface area contributed by atoms with Crippen molar-refractivity contribution in [3.05, 3.63) is 53.9 Å². The third-order valence-electron chi connectivity index (χ3n) is 6.98. The Morgan fingerprint density at radius 1 is 1.12 bits per heavy atom. The first kappa shape index (κ1) is 20.1. The van der Waals surface area contributed by atoms with Crippen LogP contribution in [0.2, 0.25) is 0 Å². The minimum Gasteiger partial charge on any atom is -0.364 e. The highest BCUT2D eigenvalue weighted by Crippen LogP contribution is 2.71. The molecule has 3 aromatic heterocycles. The highest BCUT2D eigenvalue weighted by atomic mass is 19.4. The molecule has 6 rings (SSSR count). The van der Waals surface area contributed by atoms with Crippen molar-refractivity contribution in [1.29, 1.82) is 0 Å². The number of piperidine rings is 1. The molecule has 3 fully saturated rings. The highest BCUT2D eigenvalue weighted by molar-refractivity contribution is 5.98. The van der Waals surface area contributed by atoms with Crippen LogP contribution < -0.4 is 5.32 Å². The summed E-state index contributed by atoms with van der Waals surface area (Å²) in [5.74, 6) is 0.910. The molecule has 1 spiro atoms. The van der Waals surface area contributed by atoms with E-state index in [0.717, 1.165) is 30.8 Å². The van der Waals surface area contributed by atoms with Gasteiger partial charge in [-0.3, -0.25) is 4.79 Å². The first-order chi connectivity index (χ1) is 15.8. The van der Waals surface area contributed by atoms with Gasteiger partial charge < -0.3 is 10.2 Å². The predicted octanol–water partition coefficient (Wildman–Crippen LogP) is 2.49. The van der Waals surface area contributed by atoms with Crippen LogP contribution in [0.5, 0.6) is 0 Å². The first-order valence-corrected chi connectivity index (χ1v) is 10.6. The van der Waals surface area contributed by atoms with Crippen molar-refractivity contribution in [3.63, 3.8) is 0 Å². The predicted molar refractivity (Wildman–Crippen MR) is 108 cm³/mol. The van der Waals surface area contributed by atoms with Crippen molar-refractivity contribution in [1.82, 2.24) is 34.8 Å². The van der Waals surface area contributed by atoms with Gasteiger partial charge in [0.2, 0.25) is 0 Å². The van der Waals surface area contributed by atoms with Crippen LogP contribution >= 0.6 is 0 Å². The van der Waals surface area contributed by atoms with E-state index in [0.29, 0.717) is 23.8 Å². The quantitative estimate of drug-likeness (QED) is 0.644. The van der Waals surface area contributed by atoms with Gasteiger partial charge in [-0.05, 0) is 42.7 Å². The summed E-state index contributed by atoms with van der Waals surface area (Å²) >= 11 is 0. The molecule has 0 aromatic carbocycles. The fraction of sp³-hybridized carbons (Fsp3) is 0.429. The van der Waals surface area contributed by atoms with Gasteiger partial charge in [0.15, 0.2) is 11.5 Å². The lowest BCUT2D eigenvalue weighted by molar-refractivity contribution is -0.141. The van der Waals surface area contributed by atoms with Crippen LogP contribution in [0.4, 0.5) is 19.0 Å². The van der Waals surface area contributed by atoms with Crippen LogP contribution in [0.1, 0.15) is 34.5 Å². The Morgan fingerprint density at radius 2 is 1.91 bits per heavy atom. The van der Waals surface area contributed by atoms with Crippen LogP contribution in [-0.4, -0.2) is 59.4 Å². The van der Waals surface area contributed by atoms with Gasteiger partial charge in [0.25, 0.3) is 5.91 Å². The number of pyridine rings is 1. The van der Waals surface area contributed by atoms with Gasteiger partial charge >= 0.3 is 6.18 Å². The third-order valence-corrected chi connectivity index (χ3v) is 6.98. The van der Waals surface area contributed by atoms with Gasteiger partial charge in [-0.15, -0.1) is 4.80 Å². The lowest BCUT2D eigenvalue weighted by Gasteiger charge is -2.48. The van der Waals surface area contributed by atoms with E-state index in [1.165, 1.54) is 17.2 Å². The van der Waals surface area contributed by atoms with Crippen molar-refractivity contribution in [2.24, 2.45) is 11.3 Å². The molecule has 0 bridgehead atoms. The number of anilines is 1. The molecule has 12 heteroatoms. The number of nitrogens with zero attached hydrogens (tertiary/aromatic N) is 7. The molecule has 1 aliphatic heterocycles. The number of hydrogen-bond acceptors (Lipinski definition) is 7. The summed E-state index contributed by atoms with van der Waals surface area (Å²) in [6.07, 6.45) is 3.87. The standard InChI is InChI=1S/C21H19F3N8O/c1-11-4-13(18(27-7-11)32-28-2-3-29-32)19(33)31-10-12-5-20(12)6-14(17(20)31)30-16-9-25-15(8-26-16)21(22,23)24/h2-4,7-9,12,14,17H,5-6,10H2,1H3,(H,26,30). The minimum absolute atomic E-state index is 0.0713. The Labute approximate surface area is 186 Å². The number of hydrogen-bond donors (Lipinski definition) is 1. The minimum atomic E-state index is -4.54. The fourth-order valence-corrected chi connectivity index (χ4v) is 5.46. The van der Waals surface area contributed by atoms with E-state index in [2.05, 4.69) is 30.5 Å². The zero-order valence-electron chi connectivity index (χ0n) is 17.5. The molecule has 4 unspecified atom stereocenters. The fourth-order valence-electron chi connectivity index (χ4n) is 5.46. The van der Waals surface area contributed by atoms with E-state index >= 15 is 0 Å². The van der Waals surface area contributed by atoms with Crippen LogP contribution in [-0.2, 0) is 6.18 Å².